The van der Waals surface area contributed by atoms with Crippen LogP contribution >= 0.6 is 35.3 Å². The van der Waals surface area contributed by atoms with Crippen LogP contribution in [0.3, 0.4) is 0 Å². The Morgan fingerprint density at radius 3 is 1.52 bits per heavy atom. The summed E-state index contributed by atoms with van der Waals surface area (Å²) in [5, 5.41) is -0.109. The van der Waals surface area contributed by atoms with Crippen LogP contribution in [0.4, 0.5) is 0 Å². The Hall–Kier alpha value is -1.69. The number of thioether (sulfide) groups is 2. The average Bonchev–Trinajstić information content (AvgIpc) is 2.59. The molecule has 0 aliphatic heterocycles. The molecule has 2 rings (SSSR count). The monoisotopic (exact) mass is 386 g/mol. The number of aryl methyl sites for hydroxylation is 2. The molecule has 0 atom stereocenters. The first-order valence-electron chi connectivity index (χ1n) is 7.50. The highest BCUT2D eigenvalue weighted by molar-refractivity contribution is 8.14. The van der Waals surface area contributed by atoms with Gasteiger partial charge in [-0.25, -0.2) is 0 Å². The number of hydrogen-bond donors (Lipinski definition) is 0. The molecule has 128 valence electrons. The minimum Gasteiger partial charge on any atom is -0.282 e. The number of carbonyl (C=O) groups excluding carboxylic acids is 2. The minimum atomic E-state index is -0.0544. The molecule has 5 heteroatoms. The smallest absolute Gasteiger partial charge is 0.216 e. The van der Waals surface area contributed by atoms with Gasteiger partial charge in [-0.15, -0.1) is 0 Å². The van der Waals surface area contributed by atoms with Crippen molar-refractivity contribution in [3.63, 3.8) is 0 Å². The van der Waals surface area contributed by atoms with Crippen LogP contribution in [-0.4, -0.2) is 10.2 Å². The fraction of sp³-hybridized carbons (Fsp3) is 0.100. The van der Waals surface area contributed by atoms with Crippen molar-refractivity contribution in [1.29, 1.82) is 0 Å². The van der Waals surface area contributed by atoms with Crippen molar-refractivity contribution in [2.24, 2.45) is 0 Å². The lowest BCUT2D eigenvalue weighted by atomic mass is 10.2. The number of carbonyl (C=O) groups is 2. The first kappa shape index (κ1) is 19.6. The molecule has 25 heavy (non-hydrogen) atoms. The van der Waals surface area contributed by atoms with Gasteiger partial charge in [-0.05, 0) is 97.0 Å². The highest BCUT2D eigenvalue weighted by Crippen LogP contribution is 2.34. The van der Waals surface area contributed by atoms with Crippen LogP contribution in [0.1, 0.15) is 11.1 Å². The molecule has 0 saturated carbocycles. The van der Waals surface area contributed by atoms with Crippen LogP contribution in [0.2, 0.25) is 0 Å². The summed E-state index contributed by atoms with van der Waals surface area (Å²) in [6.45, 7) is 11.0. The number of hydrogen-bond acceptors (Lipinski definition) is 5. The van der Waals surface area contributed by atoms with Crippen LogP contribution < -0.4 is 0 Å². The molecule has 0 heterocycles. The van der Waals surface area contributed by atoms with Crippen LogP contribution in [0.15, 0.2) is 81.3 Å². The van der Waals surface area contributed by atoms with Crippen LogP contribution in [0, 0.1) is 13.8 Å². The Labute approximate surface area is 161 Å². The van der Waals surface area contributed by atoms with E-state index in [0.717, 1.165) is 30.7 Å². The highest BCUT2D eigenvalue weighted by Gasteiger charge is 2.08. The fourth-order valence-corrected chi connectivity index (χ4v) is 4.36. The van der Waals surface area contributed by atoms with Gasteiger partial charge in [-0.3, -0.25) is 9.59 Å². The van der Waals surface area contributed by atoms with E-state index in [4.69, 9.17) is 0 Å². The summed E-state index contributed by atoms with van der Waals surface area (Å²) in [6.07, 6.45) is 2.65. The summed E-state index contributed by atoms with van der Waals surface area (Å²) in [4.78, 5) is 27.1. The molecule has 0 amide bonds. The second kappa shape index (κ2) is 9.13. The van der Waals surface area contributed by atoms with Gasteiger partial charge >= 0.3 is 0 Å². The quantitative estimate of drug-likeness (QED) is 0.445. The standard InChI is InChI=1S/C20H18O2S3/c1-5-19(21)24-17-9-7-15(11-13(17)3)23-16-8-10-18(14(4)12-16)25-20(22)6-2/h5-12H,1-2H2,3-4H3. The van der Waals surface area contributed by atoms with E-state index in [2.05, 4.69) is 25.3 Å². The molecule has 2 aromatic carbocycles. The molecule has 0 aromatic heterocycles. The number of rotatable bonds is 6. The van der Waals surface area contributed by atoms with E-state index in [1.54, 1.807) is 11.8 Å². The topological polar surface area (TPSA) is 34.1 Å². The predicted octanol–water partition coefficient (Wildman–Crippen LogP) is 6.06. The zero-order valence-corrected chi connectivity index (χ0v) is 16.5. The van der Waals surface area contributed by atoms with E-state index in [0.29, 0.717) is 0 Å². The second-order valence-corrected chi connectivity index (χ2v) is 8.45. The first-order valence-corrected chi connectivity index (χ1v) is 9.95. The highest BCUT2D eigenvalue weighted by atomic mass is 32.2. The van der Waals surface area contributed by atoms with Crippen molar-refractivity contribution in [2.45, 2.75) is 33.4 Å². The van der Waals surface area contributed by atoms with Gasteiger partial charge in [0.15, 0.2) is 0 Å². The van der Waals surface area contributed by atoms with Gasteiger partial charge in [0.05, 0.1) is 0 Å². The molecule has 0 radical (unpaired) electrons. The maximum atomic E-state index is 11.5. The zero-order chi connectivity index (χ0) is 18.4. The largest absolute Gasteiger partial charge is 0.282 e. The molecule has 0 fully saturated rings. The summed E-state index contributed by atoms with van der Waals surface area (Å²) < 4.78 is 0. The Bertz CT molecular complexity index is 771. The summed E-state index contributed by atoms with van der Waals surface area (Å²) in [6, 6.07) is 12.1. The van der Waals surface area contributed by atoms with Crippen molar-refractivity contribution < 1.29 is 9.59 Å². The minimum absolute atomic E-state index is 0.0544. The SMILES string of the molecule is C=CC(=O)Sc1ccc(Sc2ccc(SC(=O)C=C)c(C)c2)cc1C. The normalized spacial score (nSPS) is 10.3. The van der Waals surface area contributed by atoms with Gasteiger partial charge in [-0.2, -0.15) is 0 Å². The number of benzene rings is 2. The van der Waals surface area contributed by atoms with Crippen LogP contribution in [-0.2, 0) is 9.59 Å². The molecule has 0 aliphatic carbocycles. The maximum Gasteiger partial charge on any atom is 0.216 e. The molecule has 0 saturated heterocycles. The first-order chi connectivity index (χ1) is 11.9. The lowest BCUT2D eigenvalue weighted by Crippen LogP contribution is -1.88. The Morgan fingerprint density at radius 2 is 1.20 bits per heavy atom. The van der Waals surface area contributed by atoms with Gasteiger partial charge in [0, 0.05) is 19.6 Å². The third-order valence-corrected chi connectivity index (χ3v) is 6.35. The predicted molar refractivity (Wildman–Crippen MR) is 109 cm³/mol. The van der Waals surface area contributed by atoms with E-state index in [1.165, 1.54) is 35.7 Å². The molecular weight excluding hydrogens is 368 g/mol. The van der Waals surface area contributed by atoms with E-state index in [9.17, 15) is 9.59 Å². The zero-order valence-electron chi connectivity index (χ0n) is 14.1. The van der Waals surface area contributed by atoms with Gasteiger partial charge in [-0.1, -0.05) is 24.9 Å². The van der Waals surface area contributed by atoms with E-state index in [-0.39, 0.29) is 10.2 Å². The van der Waals surface area contributed by atoms with Crippen molar-refractivity contribution in [1.82, 2.24) is 0 Å². The Kier molecular flexibility index (Phi) is 7.17. The molecule has 0 aliphatic rings. The molecule has 0 spiro atoms. The summed E-state index contributed by atoms with van der Waals surface area (Å²) >= 11 is 4.03. The molecular formula is C20H18O2S3. The van der Waals surface area contributed by atoms with Crippen molar-refractivity contribution in [3.05, 3.63) is 72.8 Å². The lowest BCUT2D eigenvalue weighted by molar-refractivity contribution is -0.107. The Balaban J connectivity index is 2.14. The van der Waals surface area contributed by atoms with Crippen LogP contribution in [0.25, 0.3) is 0 Å². The fourth-order valence-electron chi connectivity index (χ4n) is 2.04. The van der Waals surface area contributed by atoms with Gasteiger partial charge < -0.3 is 0 Å². The molecule has 0 N–H and O–H groups in total. The van der Waals surface area contributed by atoms with Crippen molar-refractivity contribution in [3.8, 4) is 0 Å². The van der Waals surface area contributed by atoms with Gasteiger partial charge in [0.2, 0.25) is 10.2 Å². The summed E-state index contributed by atoms with van der Waals surface area (Å²) in [5.41, 5.74) is 2.12. The van der Waals surface area contributed by atoms with Crippen molar-refractivity contribution >= 4 is 45.5 Å². The van der Waals surface area contributed by atoms with E-state index in [1.807, 2.05) is 38.1 Å². The lowest BCUT2D eigenvalue weighted by Gasteiger charge is -2.09. The van der Waals surface area contributed by atoms with E-state index >= 15 is 0 Å². The third-order valence-electron chi connectivity index (χ3n) is 3.28. The molecule has 0 unspecified atom stereocenters. The molecule has 2 aromatic rings. The summed E-state index contributed by atoms with van der Waals surface area (Å²) in [7, 11) is 0. The van der Waals surface area contributed by atoms with Gasteiger partial charge in [0.1, 0.15) is 0 Å². The van der Waals surface area contributed by atoms with Crippen LogP contribution in [0.5, 0.6) is 0 Å². The Morgan fingerprint density at radius 1 is 0.800 bits per heavy atom. The van der Waals surface area contributed by atoms with Crippen molar-refractivity contribution in [2.75, 3.05) is 0 Å². The van der Waals surface area contributed by atoms with Gasteiger partial charge in [0.25, 0.3) is 0 Å². The third kappa shape index (κ3) is 5.66. The maximum absolute atomic E-state index is 11.5. The molecule has 0 bridgehead atoms. The molecule has 2 nitrogen and oxygen atoms in total. The average molecular weight is 387 g/mol. The second-order valence-electron chi connectivity index (χ2n) is 5.21. The van der Waals surface area contributed by atoms with E-state index < -0.39 is 0 Å². The summed E-state index contributed by atoms with van der Waals surface area (Å²) in [5.74, 6) is 0.